The molecule has 0 atom stereocenters. The highest BCUT2D eigenvalue weighted by atomic mass is 16.5. The average Bonchev–Trinajstić information content (AvgIpc) is 2.76. The van der Waals surface area contributed by atoms with Crippen LogP contribution in [0.4, 0.5) is 5.82 Å². The molecule has 0 saturated heterocycles. The van der Waals surface area contributed by atoms with Crippen molar-refractivity contribution in [1.29, 1.82) is 0 Å². The molecule has 0 amide bonds. The molecule has 0 aliphatic carbocycles. The number of pyridine rings is 1. The number of benzene rings is 2. The number of aromatic nitrogens is 1. The molecule has 10 nitrogen and oxygen atoms in total. The van der Waals surface area contributed by atoms with E-state index in [0.29, 0.717) is 5.75 Å². The van der Waals surface area contributed by atoms with Crippen LogP contribution in [0.2, 0.25) is 0 Å². The van der Waals surface area contributed by atoms with Crippen LogP contribution in [0.15, 0.2) is 47.3 Å². The predicted molar refractivity (Wildman–Crippen MR) is 115 cm³/mol. The number of carbonyl (C=O) groups is 2. The van der Waals surface area contributed by atoms with Gasteiger partial charge in [0, 0.05) is 11.1 Å². The van der Waals surface area contributed by atoms with E-state index in [1.165, 1.54) is 26.4 Å². The summed E-state index contributed by atoms with van der Waals surface area (Å²) in [5, 5.41) is 19.4. The van der Waals surface area contributed by atoms with Gasteiger partial charge in [0.2, 0.25) is 0 Å². The van der Waals surface area contributed by atoms with Gasteiger partial charge in [0.1, 0.15) is 29.3 Å². The summed E-state index contributed by atoms with van der Waals surface area (Å²) >= 11 is 0. The lowest BCUT2D eigenvalue weighted by Gasteiger charge is -2.18. The molecule has 166 valence electrons. The summed E-state index contributed by atoms with van der Waals surface area (Å²) in [7, 11) is 2.90. The fraction of sp³-hybridized carbons (Fsp3) is 0.136. The molecule has 10 heteroatoms. The van der Waals surface area contributed by atoms with Gasteiger partial charge in [0.25, 0.3) is 5.56 Å². The number of H-pyrrole nitrogens is 1. The number of carboxylic acids is 2. The van der Waals surface area contributed by atoms with E-state index in [4.69, 9.17) is 19.9 Å². The second-order valence-electron chi connectivity index (χ2n) is 6.58. The van der Waals surface area contributed by atoms with Gasteiger partial charge in [0.05, 0.1) is 14.2 Å². The summed E-state index contributed by atoms with van der Waals surface area (Å²) in [6.45, 7) is 0.0219. The van der Waals surface area contributed by atoms with E-state index < -0.39 is 34.4 Å². The minimum Gasteiger partial charge on any atom is -0.497 e. The van der Waals surface area contributed by atoms with Crippen LogP contribution in [0.25, 0.3) is 11.1 Å². The Bertz CT molecular complexity index is 1250. The van der Waals surface area contributed by atoms with E-state index in [2.05, 4.69) is 4.98 Å². The molecule has 32 heavy (non-hydrogen) atoms. The van der Waals surface area contributed by atoms with Crippen molar-refractivity contribution in [3.8, 4) is 28.4 Å². The molecule has 1 aromatic heterocycles. The highest BCUT2D eigenvalue weighted by molar-refractivity contribution is 6.08. The Balaban J connectivity index is 2.24. The number of ether oxygens (including phenoxy) is 3. The largest absolute Gasteiger partial charge is 0.497 e. The molecule has 3 rings (SSSR count). The summed E-state index contributed by atoms with van der Waals surface area (Å²) in [4.78, 5) is 38.3. The predicted octanol–water partition coefficient (Wildman–Crippen LogP) is 2.62. The Morgan fingerprint density at radius 3 is 2.31 bits per heavy atom. The van der Waals surface area contributed by atoms with Crippen molar-refractivity contribution >= 4 is 17.8 Å². The van der Waals surface area contributed by atoms with E-state index in [1.807, 2.05) is 0 Å². The van der Waals surface area contributed by atoms with Gasteiger partial charge in [-0.15, -0.1) is 0 Å². The molecule has 5 N–H and O–H groups in total. The SMILES string of the molecule is COc1cccc(COc2c(OC)cccc2-c2c(C(=O)O)c(N)[nH]c(=O)c2C(=O)O)c1. The van der Waals surface area contributed by atoms with Gasteiger partial charge in [0.15, 0.2) is 11.5 Å². The van der Waals surface area contributed by atoms with Crippen molar-refractivity contribution in [2.24, 2.45) is 0 Å². The average molecular weight is 440 g/mol. The van der Waals surface area contributed by atoms with E-state index >= 15 is 0 Å². The molecular weight excluding hydrogens is 420 g/mol. The van der Waals surface area contributed by atoms with Gasteiger partial charge in [-0.2, -0.15) is 0 Å². The zero-order valence-corrected chi connectivity index (χ0v) is 17.2. The fourth-order valence-corrected chi connectivity index (χ4v) is 3.26. The van der Waals surface area contributed by atoms with E-state index in [9.17, 15) is 24.6 Å². The first-order valence-electron chi connectivity index (χ1n) is 9.23. The number of hydrogen-bond acceptors (Lipinski definition) is 7. The monoisotopic (exact) mass is 440 g/mol. The lowest BCUT2D eigenvalue weighted by atomic mass is 9.94. The second-order valence-corrected chi connectivity index (χ2v) is 6.58. The number of nitrogens with one attached hydrogen (secondary N) is 1. The number of nitrogen functional groups attached to an aromatic ring is 1. The number of aromatic amines is 1. The zero-order valence-electron chi connectivity index (χ0n) is 17.2. The molecule has 0 aliphatic heterocycles. The third-order valence-electron chi connectivity index (χ3n) is 4.66. The number of hydrogen-bond donors (Lipinski definition) is 4. The highest BCUT2D eigenvalue weighted by Gasteiger charge is 2.29. The van der Waals surface area contributed by atoms with E-state index in [1.54, 1.807) is 30.3 Å². The van der Waals surface area contributed by atoms with Crippen LogP contribution in [0.3, 0.4) is 0 Å². The fourth-order valence-electron chi connectivity index (χ4n) is 3.26. The van der Waals surface area contributed by atoms with E-state index in [-0.39, 0.29) is 29.2 Å². The van der Waals surface area contributed by atoms with E-state index in [0.717, 1.165) is 5.56 Å². The maximum atomic E-state index is 12.4. The minimum absolute atomic E-state index is 0.0219. The quantitative estimate of drug-likeness (QED) is 0.412. The van der Waals surface area contributed by atoms with Crippen LogP contribution >= 0.6 is 0 Å². The molecule has 2 aromatic carbocycles. The summed E-state index contributed by atoms with van der Waals surface area (Å²) in [5.41, 5.74) is 3.71. The molecule has 1 heterocycles. The van der Waals surface area contributed by atoms with Gasteiger partial charge in [-0.25, -0.2) is 9.59 Å². The Kier molecular flexibility index (Phi) is 6.34. The van der Waals surface area contributed by atoms with Gasteiger partial charge in [-0.1, -0.05) is 24.3 Å². The molecule has 3 aromatic rings. The summed E-state index contributed by atoms with van der Waals surface area (Å²) in [5.74, 6) is -2.76. The summed E-state index contributed by atoms with van der Waals surface area (Å²) < 4.78 is 16.5. The molecule has 0 radical (unpaired) electrons. The number of para-hydroxylation sites is 1. The number of nitrogens with two attached hydrogens (primary N) is 1. The number of aromatic carboxylic acids is 2. The summed E-state index contributed by atoms with van der Waals surface area (Å²) in [6.07, 6.45) is 0. The molecular formula is C22H20N2O8. The van der Waals surface area contributed by atoms with Gasteiger partial charge in [-0.3, -0.25) is 4.79 Å². The standard InChI is InChI=1S/C22H20N2O8/c1-30-12-6-3-5-11(9-12)10-32-18-13(7-4-8-14(18)31-2)15-16(21(26)27)19(23)24-20(25)17(15)22(28)29/h3-9H,10H2,1-2H3,(H,26,27)(H,28,29)(H3,23,24,25). The number of carboxylic acid groups (broad SMARTS) is 2. The molecule has 0 bridgehead atoms. The zero-order chi connectivity index (χ0) is 23.4. The number of anilines is 1. The minimum atomic E-state index is -1.62. The van der Waals surface area contributed by atoms with Crippen LogP contribution in [0.5, 0.6) is 17.2 Å². The Morgan fingerprint density at radius 2 is 1.69 bits per heavy atom. The Hall–Kier alpha value is -4.47. The number of methoxy groups -OCH3 is 2. The third kappa shape index (κ3) is 4.19. The van der Waals surface area contributed by atoms with Crippen molar-refractivity contribution in [3.63, 3.8) is 0 Å². The van der Waals surface area contributed by atoms with Gasteiger partial charge >= 0.3 is 11.9 Å². The maximum absolute atomic E-state index is 12.4. The maximum Gasteiger partial charge on any atom is 0.342 e. The van der Waals surface area contributed by atoms with Crippen molar-refractivity contribution in [2.45, 2.75) is 6.61 Å². The molecule has 0 aliphatic rings. The van der Waals surface area contributed by atoms with Crippen molar-refractivity contribution in [2.75, 3.05) is 20.0 Å². The Labute approximate surface area is 181 Å². The van der Waals surface area contributed by atoms with Crippen LogP contribution in [0, 0.1) is 0 Å². The van der Waals surface area contributed by atoms with Crippen LogP contribution < -0.4 is 25.5 Å². The first kappa shape index (κ1) is 22.2. The number of rotatable bonds is 8. The second kappa shape index (κ2) is 9.13. The molecule has 0 saturated carbocycles. The molecule has 0 spiro atoms. The van der Waals surface area contributed by atoms with Crippen molar-refractivity contribution in [3.05, 3.63) is 69.5 Å². The smallest absolute Gasteiger partial charge is 0.342 e. The highest BCUT2D eigenvalue weighted by Crippen LogP contribution is 2.41. The first-order valence-corrected chi connectivity index (χ1v) is 9.23. The van der Waals surface area contributed by atoms with Gasteiger partial charge in [-0.05, 0) is 23.8 Å². The lowest BCUT2D eigenvalue weighted by Crippen LogP contribution is -2.24. The normalized spacial score (nSPS) is 10.4. The van der Waals surface area contributed by atoms with Crippen LogP contribution in [-0.4, -0.2) is 41.4 Å². The first-order chi connectivity index (χ1) is 15.3. The molecule has 0 fully saturated rings. The Morgan fingerprint density at radius 1 is 1.00 bits per heavy atom. The van der Waals surface area contributed by atoms with Gasteiger partial charge < -0.3 is 35.1 Å². The van der Waals surface area contributed by atoms with Crippen molar-refractivity contribution in [1.82, 2.24) is 4.98 Å². The summed E-state index contributed by atoms with van der Waals surface area (Å²) in [6, 6.07) is 11.6. The van der Waals surface area contributed by atoms with Crippen LogP contribution in [0.1, 0.15) is 26.3 Å². The third-order valence-corrected chi connectivity index (χ3v) is 4.66. The lowest BCUT2D eigenvalue weighted by molar-refractivity contribution is 0.0695. The topological polar surface area (TPSA) is 161 Å². The van der Waals surface area contributed by atoms with Crippen molar-refractivity contribution < 1.29 is 34.0 Å². The molecule has 0 unspecified atom stereocenters. The van der Waals surface area contributed by atoms with Crippen LogP contribution in [-0.2, 0) is 6.61 Å².